The molecule has 0 aliphatic carbocycles. The molecule has 0 radical (unpaired) electrons. The third-order valence-electron chi connectivity index (χ3n) is 3.12. The van der Waals surface area contributed by atoms with Gasteiger partial charge in [-0.3, -0.25) is 0 Å². The lowest BCUT2D eigenvalue weighted by Gasteiger charge is -2.19. The predicted molar refractivity (Wildman–Crippen MR) is 93.4 cm³/mol. The van der Waals surface area contributed by atoms with Crippen LogP contribution in [0.4, 0.5) is 0 Å². The number of nitrogens with one attached hydrogen (secondary N) is 1. The van der Waals surface area contributed by atoms with Crippen molar-refractivity contribution >= 4 is 50.5 Å². The van der Waals surface area contributed by atoms with E-state index in [9.17, 15) is 0 Å². The highest BCUT2D eigenvalue weighted by molar-refractivity contribution is 9.10. The van der Waals surface area contributed by atoms with Gasteiger partial charge in [0.05, 0.1) is 14.7 Å². The molecule has 0 saturated heterocycles. The summed E-state index contributed by atoms with van der Waals surface area (Å²) in [5.74, 6) is 0. The Hall–Kier alpha value is -0.0600. The summed E-state index contributed by atoms with van der Waals surface area (Å²) in [6.45, 7) is 5.16. The highest BCUT2D eigenvalue weighted by atomic mass is 79.9. The van der Waals surface area contributed by atoms with E-state index < -0.39 is 0 Å². The molecule has 1 N–H and O–H groups in total. The fourth-order valence-electron chi connectivity index (χ4n) is 2.03. The lowest BCUT2D eigenvalue weighted by atomic mass is 10.00. The molecule has 1 nitrogen and oxygen atoms in total. The predicted octanol–water partition coefficient (Wildman–Crippen LogP) is 6.21. The molecule has 1 aromatic heterocycles. The van der Waals surface area contributed by atoms with E-state index >= 15 is 0 Å². The van der Waals surface area contributed by atoms with E-state index in [-0.39, 0.29) is 6.04 Å². The van der Waals surface area contributed by atoms with Crippen LogP contribution in [-0.4, -0.2) is 6.54 Å². The van der Waals surface area contributed by atoms with Crippen molar-refractivity contribution in [3.63, 3.8) is 0 Å². The van der Waals surface area contributed by atoms with Crippen molar-refractivity contribution in [2.45, 2.75) is 26.3 Å². The SMILES string of the molecule is CCCNC(c1ccc(C)c(Br)c1)c1cc(Cl)sc1Cl. The first-order valence-corrected chi connectivity index (χ1v) is 8.83. The molecular weight excluding hydrogens is 377 g/mol. The standard InChI is InChI=1S/C15H16BrCl2NS/c1-3-6-19-14(11-8-13(17)20-15(11)18)10-5-4-9(2)12(16)7-10/h4-5,7-8,14,19H,3,6H2,1-2H3. The van der Waals surface area contributed by atoms with Gasteiger partial charge in [-0.15, -0.1) is 11.3 Å². The van der Waals surface area contributed by atoms with Crippen LogP contribution in [-0.2, 0) is 0 Å². The highest BCUT2D eigenvalue weighted by Gasteiger charge is 2.19. The van der Waals surface area contributed by atoms with Gasteiger partial charge in [-0.05, 0) is 43.1 Å². The second kappa shape index (κ2) is 7.28. The molecule has 1 aromatic carbocycles. The van der Waals surface area contributed by atoms with Gasteiger partial charge in [-0.2, -0.15) is 0 Å². The molecule has 5 heteroatoms. The quantitative estimate of drug-likeness (QED) is 0.637. The van der Waals surface area contributed by atoms with Gasteiger partial charge in [-0.25, -0.2) is 0 Å². The summed E-state index contributed by atoms with van der Waals surface area (Å²) in [7, 11) is 0. The molecule has 0 spiro atoms. The third kappa shape index (κ3) is 3.77. The van der Waals surface area contributed by atoms with Gasteiger partial charge in [0.2, 0.25) is 0 Å². The van der Waals surface area contributed by atoms with E-state index in [4.69, 9.17) is 23.2 Å². The van der Waals surface area contributed by atoms with E-state index in [1.165, 1.54) is 22.5 Å². The molecular formula is C15H16BrCl2NS. The molecule has 0 fully saturated rings. The second-order valence-corrected chi connectivity index (χ2v) is 7.82. The van der Waals surface area contributed by atoms with Crippen LogP contribution in [0.15, 0.2) is 28.7 Å². The first-order valence-electron chi connectivity index (χ1n) is 6.47. The van der Waals surface area contributed by atoms with Crippen LogP contribution in [0.1, 0.15) is 36.1 Å². The summed E-state index contributed by atoms with van der Waals surface area (Å²) in [5, 5.41) is 3.55. The Morgan fingerprint density at radius 1 is 1.30 bits per heavy atom. The Morgan fingerprint density at radius 3 is 2.60 bits per heavy atom. The van der Waals surface area contributed by atoms with Gasteiger partial charge in [-0.1, -0.05) is 58.2 Å². The van der Waals surface area contributed by atoms with Crippen LogP contribution >= 0.6 is 50.5 Å². The monoisotopic (exact) mass is 391 g/mol. The smallest absolute Gasteiger partial charge is 0.0995 e. The van der Waals surface area contributed by atoms with Crippen LogP contribution in [0.2, 0.25) is 8.67 Å². The van der Waals surface area contributed by atoms with Crippen LogP contribution in [0, 0.1) is 6.92 Å². The maximum atomic E-state index is 6.32. The number of hydrogen-bond donors (Lipinski definition) is 1. The van der Waals surface area contributed by atoms with E-state index in [0.717, 1.165) is 31.7 Å². The van der Waals surface area contributed by atoms with E-state index in [1.54, 1.807) is 0 Å². The number of benzene rings is 1. The fourth-order valence-corrected chi connectivity index (χ4v) is 3.96. The second-order valence-electron chi connectivity index (χ2n) is 4.68. The summed E-state index contributed by atoms with van der Waals surface area (Å²) in [6.07, 6.45) is 1.07. The first kappa shape index (κ1) is 16.3. The number of thiophene rings is 1. The molecule has 0 saturated carbocycles. The van der Waals surface area contributed by atoms with Crippen LogP contribution in [0.3, 0.4) is 0 Å². The number of halogens is 3. The van der Waals surface area contributed by atoms with E-state index in [1.807, 2.05) is 6.07 Å². The van der Waals surface area contributed by atoms with Gasteiger partial charge in [0, 0.05) is 10.0 Å². The fraction of sp³-hybridized carbons (Fsp3) is 0.333. The molecule has 1 heterocycles. The lowest BCUT2D eigenvalue weighted by molar-refractivity contribution is 0.600. The van der Waals surface area contributed by atoms with Crippen molar-refractivity contribution < 1.29 is 0 Å². The Balaban J connectivity index is 2.41. The molecule has 1 unspecified atom stereocenters. The molecule has 2 rings (SSSR count). The Kier molecular flexibility index (Phi) is 5.94. The molecule has 0 aliphatic heterocycles. The maximum Gasteiger partial charge on any atom is 0.0995 e. The summed E-state index contributed by atoms with van der Waals surface area (Å²) < 4.78 is 2.58. The van der Waals surface area contributed by atoms with E-state index in [0.29, 0.717) is 0 Å². The van der Waals surface area contributed by atoms with Crippen molar-refractivity contribution in [3.05, 3.63) is 54.1 Å². The van der Waals surface area contributed by atoms with Gasteiger partial charge < -0.3 is 5.32 Å². The minimum absolute atomic E-state index is 0.0723. The average Bonchev–Trinajstić information content (AvgIpc) is 2.73. The third-order valence-corrected chi connectivity index (χ3v) is 5.49. The van der Waals surface area contributed by atoms with Gasteiger partial charge in [0.15, 0.2) is 0 Å². The van der Waals surface area contributed by atoms with Gasteiger partial charge >= 0.3 is 0 Å². The van der Waals surface area contributed by atoms with Gasteiger partial charge in [0.25, 0.3) is 0 Å². The highest BCUT2D eigenvalue weighted by Crippen LogP contribution is 2.38. The Bertz CT molecular complexity index is 598. The van der Waals surface area contributed by atoms with Crippen LogP contribution in [0.25, 0.3) is 0 Å². The lowest BCUT2D eigenvalue weighted by Crippen LogP contribution is -2.23. The first-order chi connectivity index (χ1) is 9.52. The molecule has 20 heavy (non-hydrogen) atoms. The van der Waals surface area contributed by atoms with Gasteiger partial charge in [0.1, 0.15) is 0 Å². The van der Waals surface area contributed by atoms with Crippen molar-refractivity contribution in [2.75, 3.05) is 6.54 Å². The largest absolute Gasteiger partial charge is 0.306 e. The number of hydrogen-bond acceptors (Lipinski definition) is 2. The van der Waals surface area contributed by atoms with Crippen molar-refractivity contribution in [2.24, 2.45) is 0 Å². The topological polar surface area (TPSA) is 12.0 Å². The Morgan fingerprint density at radius 2 is 2.05 bits per heavy atom. The molecule has 2 aromatic rings. The molecule has 0 amide bonds. The molecule has 108 valence electrons. The summed E-state index contributed by atoms with van der Waals surface area (Å²) in [6, 6.07) is 8.42. The average molecular weight is 393 g/mol. The zero-order valence-corrected chi connectivity index (χ0v) is 15.3. The minimum atomic E-state index is 0.0723. The number of rotatable bonds is 5. The molecule has 1 atom stereocenters. The number of aryl methyl sites for hydroxylation is 1. The summed E-state index contributed by atoms with van der Waals surface area (Å²) in [5.41, 5.74) is 3.45. The van der Waals surface area contributed by atoms with Crippen LogP contribution < -0.4 is 5.32 Å². The molecule has 0 aliphatic rings. The van der Waals surface area contributed by atoms with E-state index in [2.05, 4.69) is 53.3 Å². The minimum Gasteiger partial charge on any atom is -0.306 e. The van der Waals surface area contributed by atoms with Crippen molar-refractivity contribution in [1.82, 2.24) is 5.32 Å². The molecule has 0 bridgehead atoms. The zero-order chi connectivity index (χ0) is 14.7. The van der Waals surface area contributed by atoms with Crippen molar-refractivity contribution in [1.29, 1.82) is 0 Å². The van der Waals surface area contributed by atoms with Crippen LogP contribution in [0.5, 0.6) is 0 Å². The normalized spacial score (nSPS) is 12.7. The van der Waals surface area contributed by atoms with Crippen molar-refractivity contribution in [3.8, 4) is 0 Å². The summed E-state index contributed by atoms with van der Waals surface area (Å²) >= 11 is 17.4. The Labute approximate surface area is 142 Å². The summed E-state index contributed by atoms with van der Waals surface area (Å²) in [4.78, 5) is 0. The maximum absolute atomic E-state index is 6.32. The zero-order valence-electron chi connectivity index (χ0n) is 11.3.